The van der Waals surface area contributed by atoms with Gasteiger partial charge in [-0.1, -0.05) is 0 Å². The third kappa shape index (κ3) is 4.18. The Morgan fingerprint density at radius 1 is 1.30 bits per heavy atom. The summed E-state index contributed by atoms with van der Waals surface area (Å²) in [7, 11) is 0. The zero-order valence-electron chi connectivity index (χ0n) is 11.0. The van der Waals surface area contributed by atoms with Crippen LogP contribution in [0.15, 0.2) is 22.7 Å². The van der Waals surface area contributed by atoms with Gasteiger partial charge in [-0.15, -0.1) is 0 Å². The number of benzene rings is 1. The second-order valence-electron chi connectivity index (χ2n) is 4.72. The second-order valence-corrected chi connectivity index (χ2v) is 6.82. The minimum absolute atomic E-state index is 0.129. The molecule has 0 aliphatic carbocycles. The van der Waals surface area contributed by atoms with E-state index in [9.17, 15) is 9.59 Å². The first-order chi connectivity index (χ1) is 9.58. The smallest absolute Gasteiger partial charge is 0.252 e. The number of nitrogens with one attached hydrogen (secondary N) is 1. The molecular formula is C14H16BrIN2O2. The van der Waals surface area contributed by atoms with Gasteiger partial charge in [-0.05, 0) is 69.6 Å². The fourth-order valence-electron chi connectivity index (χ4n) is 2.17. The SMILES string of the molecule is O=C(NCCC(=O)N1CCCC1)c1cc(I)ccc1Br. The van der Waals surface area contributed by atoms with E-state index >= 15 is 0 Å². The van der Waals surface area contributed by atoms with E-state index in [1.807, 2.05) is 23.1 Å². The van der Waals surface area contributed by atoms with Crippen LogP contribution in [0.1, 0.15) is 29.6 Å². The molecule has 1 saturated heterocycles. The molecule has 20 heavy (non-hydrogen) atoms. The number of halogens is 2. The Bertz CT molecular complexity index is 516. The quantitative estimate of drug-likeness (QED) is 0.717. The van der Waals surface area contributed by atoms with Crippen LogP contribution in [-0.2, 0) is 4.79 Å². The highest BCUT2D eigenvalue weighted by atomic mass is 127. The first-order valence-electron chi connectivity index (χ1n) is 6.59. The Morgan fingerprint density at radius 3 is 2.70 bits per heavy atom. The van der Waals surface area contributed by atoms with E-state index in [1.165, 1.54) is 0 Å². The molecule has 1 aliphatic rings. The molecule has 0 radical (unpaired) electrons. The van der Waals surface area contributed by atoms with Gasteiger partial charge in [-0.2, -0.15) is 0 Å². The van der Waals surface area contributed by atoms with Crippen molar-refractivity contribution in [3.63, 3.8) is 0 Å². The van der Waals surface area contributed by atoms with Gasteiger partial charge in [0.1, 0.15) is 0 Å². The molecule has 1 N–H and O–H groups in total. The Kier molecular flexibility index (Phi) is 5.83. The lowest BCUT2D eigenvalue weighted by molar-refractivity contribution is -0.129. The highest BCUT2D eigenvalue weighted by Gasteiger charge is 2.18. The zero-order chi connectivity index (χ0) is 14.5. The standard InChI is InChI=1S/C14H16BrIN2O2/c15-12-4-3-10(16)9-11(12)14(20)17-6-5-13(19)18-7-1-2-8-18/h3-4,9H,1-2,5-8H2,(H,17,20). The zero-order valence-corrected chi connectivity index (χ0v) is 14.7. The van der Waals surface area contributed by atoms with Gasteiger partial charge in [0.2, 0.25) is 5.91 Å². The molecule has 1 aromatic carbocycles. The van der Waals surface area contributed by atoms with Gasteiger partial charge >= 0.3 is 0 Å². The normalized spacial score (nSPS) is 14.4. The number of rotatable bonds is 4. The van der Waals surface area contributed by atoms with Gasteiger partial charge < -0.3 is 10.2 Å². The summed E-state index contributed by atoms with van der Waals surface area (Å²) in [5.41, 5.74) is 0.602. The molecule has 1 aliphatic heterocycles. The van der Waals surface area contributed by atoms with Crippen LogP contribution in [0.4, 0.5) is 0 Å². The number of nitrogens with zero attached hydrogens (tertiary/aromatic N) is 1. The molecule has 0 unspecified atom stereocenters. The molecule has 1 aromatic rings. The van der Waals surface area contributed by atoms with Crippen molar-refractivity contribution in [2.45, 2.75) is 19.3 Å². The van der Waals surface area contributed by atoms with Crippen molar-refractivity contribution in [2.75, 3.05) is 19.6 Å². The molecule has 0 atom stereocenters. The summed E-state index contributed by atoms with van der Waals surface area (Å²) < 4.78 is 1.77. The maximum absolute atomic E-state index is 12.1. The molecule has 2 amide bonds. The van der Waals surface area contributed by atoms with Crippen molar-refractivity contribution >= 4 is 50.3 Å². The van der Waals surface area contributed by atoms with E-state index in [4.69, 9.17) is 0 Å². The number of carbonyl (C=O) groups excluding carboxylic acids is 2. The maximum Gasteiger partial charge on any atom is 0.252 e. The van der Waals surface area contributed by atoms with Crippen molar-refractivity contribution in [3.8, 4) is 0 Å². The summed E-state index contributed by atoms with van der Waals surface area (Å²) in [6.45, 7) is 2.09. The number of hydrogen-bond acceptors (Lipinski definition) is 2. The van der Waals surface area contributed by atoms with Crippen molar-refractivity contribution in [1.29, 1.82) is 0 Å². The summed E-state index contributed by atoms with van der Waals surface area (Å²) in [6, 6.07) is 5.60. The van der Waals surface area contributed by atoms with Crippen molar-refractivity contribution < 1.29 is 9.59 Å². The van der Waals surface area contributed by atoms with E-state index in [0.717, 1.165) is 34.0 Å². The monoisotopic (exact) mass is 450 g/mol. The van der Waals surface area contributed by atoms with Gasteiger partial charge in [-0.3, -0.25) is 9.59 Å². The highest BCUT2D eigenvalue weighted by Crippen LogP contribution is 2.19. The minimum Gasteiger partial charge on any atom is -0.351 e. The van der Waals surface area contributed by atoms with E-state index in [0.29, 0.717) is 18.5 Å². The van der Waals surface area contributed by atoms with Crippen molar-refractivity contribution in [2.24, 2.45) is 0 Å². The second kappa shape index (κ2) is 7.40. The van der Waals surface area contributed by atoms with Crippen molar-refractivity contribution in [3.05, 3.63) is 31.8 Å². The number of likely N-dealkylation sites (tertiary alicyclic amines) is 1. The predicted molar refractivity (Wildman–Crippen MR) is 89.6 cm³/mol. The lowest BCUT2D eigenvalue weighted by Gasteiger charge is -2.15. The molecule has 4 nitrogen and oxygen atoms in total. The average molecular weight is 451 g/mol. The van der Waals surface area contributed by atoms with Crippen LogP contribution >= 0.6 is 38.5 Å². The van der Waals surface area contributed by atoms with E-state index in [-0.39, 0.29) is 11.8 Å². The molecule has 1 heterocycles. The summed E-state index contributed by atoms with van der Waals surface area (Å²) in [5.74, 6) is -0.0193. The van der Waals surface area contributed by atoms with Crippen LogP contribution in [0.5, 0.6) is 0 Å². The first-order valence-corrected chi connectivity index (χ1v) is 8.46. The van der Waals surface area contributed by atoms with Crippen LogP contribution in [0.3, 0.4) is 0 Å². The molecule has 0 aromatic heterocycles. The third-order valence-corrected chi connectivity index (χ3v) is 4.62. The third-order valence-electron chi connectivity index (χ3n) is 3.26. The predicted octanol–water partition coefficient (Wildman–Crippen LogP) is 2.80. The summed E-state index contributed by atoms with van der Waals surface area (Å²) in [4.78, 5) is 25.8. The van der Waals surface area contributed by atoms with Crippen LogP contribution < -0.4 is 5.32 Å². The molecule has 0 spiro atoms. The molecule has 2 rings (SSSR count). The molecule has 108 valence electrons. The number of amides is 2. The maximum atomic E-state index is 12.1. The van der Waals surface area contributed by atoms with Crippen LogP contribution in [0, 0.1) is 3.57 Å². The summed E-state index contributed by atoms with van der Waals surface area (Å²) in [5, 5.41) is 2.80. The Labute approximate surface area is 140 Å². The number of hydrogen-bond donors (Lipinski definition) is 1. The largest absolute Gasteiger partial charge is 0.351 e. The van der Waals surface area contributed by atoms with E-state index < -0.39 is 0 Å². The number of carbonyl (C=O) groups is 2. The highest BCUT2D eigenvalue weighted by molar-refractivity contribution is 14.1. The Hall–Kier alpha value is -0.630. The van der Waals surface area contributed by atoms with Gasteiger partial charge in [0.05, 0.1) is 5.56 Å². The first kappa shape index (κ1) is 15.8. The fraction of sp³-hybridized carbons (Fsp3) is 0.429. The summed E-state index contributed by atoms with van der Waals surface area (Å²) in [6.07, 6.45) is 2.55. The topological polar surface area (TPSA) is 49.4 Å². The van der Waals surface area contributed by atoms with Gasteiger partial charge in [0.15, 0.2) is 0 Å². The Balaban J connectivity index is 1.83. The van der Waals surface area contributed by atoms with Gasteiger partial charge in [0.25, 0.3) is 5.91 Å². The minimum atomic E-state index is -0.149. The molecular weight excluding hydrogens is 435 g/mol. The van der Waals surface area contributed by atoms with Crippen LogP contribution in [0.25, 0.3) is 0 Å². The van der Waals surface area contributed by atoms with Crippen LogP contribution in [0.2, 0.25) is 0 Å². The van der Waals surface area contributed by atoms with Gasteiger partial charge in [-0.25, -0.2) is 0 Å². The van der Waals surface area contributed by atoms with Gasteiger partial charge in [0, 0.05) is 34.1 Å². The molecule has 0 bridgehead atoms. The van der Waals surface area contributed by atoms with E-state index in [2.05, 4.69) is 43.8 Å². The lowest BCUT2D eigenvalue weighted by Crippen LogP contribution is -2.32. The fourth-order valence-corrected chi connectivity index (χ4v) is 3.09. The molecule has 0 saturated carbocycles. The van der Waals surface area contributed by atoms with Crippen molar-refractivity contribution in [1.82, 2.24) is 10.2 Å². The average Bonchev–Trinajstić information content (AvgIpc) is 2.95. The molecule has 6 heteroatoms. The Morgan fingerprint density at radius 2 is 2.00 bits per heavy atom. The van der Waals surface area contributed by atoms with E-state index in [1.54, 1.807) is 0 Å². The molecule has 1 fully saturated rings. The lowest BCUT2D eigenvalue weighted by atomic mass is 10.2. The van der Waals surface area contributed by atoms with Crippen LogP contribution in [-0.4, -0.2) is 36.3 Å². The summed E-state index contributed by atoms with van der Waals surface area (Å²) >= 11 is 5.53.